The quantitative estimate of drug-likeness (QED) is 0.468. The van der Waals surface area contributed by atoms with Gasteiger partial charge < -0.3 is 5.73 Å². The van der Waals surface area contributed by atoms with E-state index >= 15 is 0 Å². The van der Waals surface area contributed by atoms with Crippen LogP contribution in [0.5, 0.6) is 0 Å². The molecule has 3 N–H and O–H groups in total. The zero-order valence-corrected chi connectivity index (χ0v) is 10.9. The molecule has 74 valence electrons. The van der Waals surface area contributed by atoms with Gasteiger partial charge in [0.1, 0.15) is 5.84 Å². The molecule has 0 spiro atoms. The van der Waals surface area contributed by atoms with E-state index < -0.39 is 0 Å². The van der Waals surface area contributed by atoms with E-state index in [9.17, 15) is 0 Å². The van der Waals surface area contributed by atoms with E-state index in [-0.39, 0.29) is 18.2 Å². The molecule has 0 aliphatic carbocycles. The zero-order valence-electron chi connectivity index (χ0n) is 7.08. The normalized spacial score (nSPS) is 9.79. The predicted molar refractivity (Wildman–Crippen MR) is 72.8 cm³/mol. The van der Waals surface area contributed by atoms with E-state index in [1.54, 1.807) is 11.3 Å². The second kappa shape index (κ2) is 4.46. The molecule has 2 nitrogen and oxygen atoms in total. The van der Waals surface area contributed by atoms with Crippen LogP contribution in [0.2, 0.25) is 0 Å². The van der Waals surface area contributed by atoms with Gasteiger partial charge in [0.15, 0.2) is 0 Å². The van der Waals surface area contributed by atoms with Gasteiger partial charge in [-0.05, 0) is 40.8 Å². The van der Waals surface area contributed by atoms with Gasteiger partial charge in [0.25, 0.3) is 0 Å². The lowest BCUT2D eigenvalue weighted by molar-refractivity contribution is 1.46. The Morgan fingerprint density at radius 3 is 2.71 bits per heavy atom. The highest BCUT2D eigenvalue weighted by atomic mass is 127. The molecule has 0 aliphatic heterocycles. The van der Waals surface area contributed by atoms with Crippen molar-refractivity contribution >= 4 is 62.3 Å². The highest BCUT2D eigenvalue weighted by Gasteiger charge is 2.05. The lowest BCUT2D eigenvalue weighted by atomic mass is 10.2. The number of nitrogens with one attached hydrogen (secondary N) is 1. The van der Waals surface area contributed by atoms with E-state index in [1.165, 1.54) is 13.7 Å². The van der Waals surface area contributed by atoms with E-state index in [1.807, 2.05) is 12.1 Å². The van der Waals surface area contributed by atoms with Crippen LogP contribution in [0.3, 0.4) is 0 Å². The lowest BCUT2D eigenvalue weighted by Crippen LogP contribution is -2.08. The minimum atomic E-state index is 0. The van der Waals surface area contributed by atoms with Crippen LogP contribution >= 0.6 is 46.3 Å². The van der Waals surface area contributed by atoms with Gasteiger partial charge in [0.05, 0.1) is 4.88 Å². The van der Waals surface area contributed by atoms with Gasteiger partial charge in [-0.1, -0.05) is 6.07 Å². The fraction of sp³-hybridized carbons (Fsp3) is 0. The highest BCUT2D eigenvalue weighted by Crippen LogP contribution is 2.28. The van der Waals surface area contributed by atoms with Gasteiger partial charge in [0, 0.05) is 13.7 Å². The highest BCUT2D eigenvalue weighted by molar-refractivity contribution is 14.1. The molecule has 1 aromatic carbocycles. The number of hydrogen-bond acceptors (Lipinski definition) is 2. The standard InChI is InChI=1S/C9H7IN2S.ClH/c10-6-2-1-3-7-5(6)4-8(13-7)9(11)12;/h1-4H,(H3,11,12);1H. The first kappa shape index (κ1) is 11.7. The summed E-state index contributed by atoms with van der Waals surface area (Å²) < 4.78 is 2.40. The third-order valence-corrected chi connectivity index (χ3v) is 3.85. The topological polar surface area (TPSA) is 49.9 Å². The second-order valence-corrected chi connectivity index (χ2v) is 4.92. The third kappa shape index (κ3) is 2.02. The van der Waals surface area contributed by atoms with Crippen LogP contribution in [-0.4, -0.2) is 5.84 Å². The number of fused-ring (bicyclic) bond motifs is 1. The summed E-state index contributed by atoms with van der Waals surface area (Å²) >= 11 is 3.86. The summed E-state index contributed by atoms with van der Waals surface area (Å²) in [5, 5.41) is 8.52. The molecule has 0 amide bonds. The summed E-state index contributed by atoms with van der Waals surface area (Å²) in [6.07, 6.45) is 0. The predicted octanol–water partition coefficient (Wildman–Crippen LogP) is 3.21. The van der Waals surface area contributed by atoms with Crippen molar-refractivity contribution < 1.29 is 0 Å². The minimum Gasteiger partial charge on any atom is -0.383 e. The van der Waals surface area contributed by atoms with E-state index in [0.29, 0.717) is 0 Å². The maximum absolute atomic E-state index is 7.32. The van der Waals surface area contributed by atoms with Crippen molar-refractivity contribution in [2.75, 3.05) is 0 Å². The van der Waals surface area contributed by atoms with Gasteiger partial charge in [0.2, 0.25) is 0 Å². The van der Waals surface area contributed by atoms with E-state index in [4.69, 9.17) is 11.1 Å². The van der Waals surface area contributed by atoms with Crippen LogP contribution < -0.4 is 5.73 Å². The van der Waals surface area contributed by atoms with Crippen molar-refractivity contribution in [3.05, 3.63) is 32.7 Å². The third-order valence-electron chi connectivity index (χ3n) is 1.77. The van der Waals surface area contributed by atoms with Crippen molar-refractivity contribution in [3.8, 4) is 0 Å². The summed E-state index contributed by atoms with van der Waals surface area (Å²) in [5.41, 5.74) is 5.42. The Labute approximate surface area is 106 Å². The summed E-state index contributed by atoms with van der Waals surface area (Å²) in [4.78, 5) is 0.846. The SMILES string of the molecule is Cl.N=C(N)c1cc2c(I)cccc2s1. The number of nitrogens with two attached hydrogens (primary N) is 1. The molecular formula is C9H8ClIN2S. The monoisotopic (exact) mass is 338 g/mol. The molecule has 0 atom stereocenters. The lowest BCUT2D eigenvalue weighted by Gasteiger charge is -1.89. The Morgan fingerprint density at radius 1 is 1.43 bits per heavy atom. The number of nitrogen functional groups attached to an aromatic ring is 1. The summed E-state index contributed by atoms with van der Waals surface area (Å²) in [5.74, 6) is 0.150. The van der Waals surface area contributed by atoms with Crippen LogP contribution in [0.15, 0.2) is 24.3 Å². The maximum Gasteiger partial charge on any atom is 0.133 e. The van der Waals surface area contributed by atoms with E-state index in [0.717, 1.165) is 4.88 Å². The molecule has 0 saturated heterocycles. The van der Waals surface area contributed by atoms with Gasteiger partial charge in [-0.15, -0.1) is 23.7 Å². The first-order valence-electron chi connectivity index (χ1n) is 3.71. The molecule has 0 saturated carbocycles. The molecule has 2 aromatic rings. The fourth-order valence-electron chi connectivity index (χ4n) is 1.16. The Balaban J connectivity index is 0.000000980. The first-order chi connectivity index (χ1) is 6.18. The zero-order chi connectivity index (χ0) is 9.42. The average Bonchev–Trinajstić information content (AvgIpc) is 2.49. The van der Waals surface area contributed by atoms with Crippen molar-refractivity contribution in [2.24, 2.45) is 5.73 Å². The van der Waals surface area contributed by atoms with Crippen molar-refractivity contribution in [1.82, 2.24) is 0 Å². The number of benzene rings is 1. The van der Waals surface area contributed by atoms with Gasteiger partial charge in [-0.25, -0.2) is 0 Å². The average molecular weight is 339 g/mol. The molecule has 1 aromatic heterocycles. The molecule has 0 bridgehead atoms. The molecule has 2 rings (SSSR count). The van der Waals surface area contributed by atoms with Crippen molar-refractivity contribution in [1.29, 1.82) is 5.41 Å². The molecule has 5 heteroatoms. The number of hydrogen-bond donors (Lipinski definition) is 2. The Bertz CT molecular complexity index is 481. The largest absolute Gasteiger partial charge is 0.383 e. The Kier molecular flexibility index (Phi) is 3.74. The molecule has 0 aliphatic rings. The smallest absolute Gasteiger partial charge is 0.133 e. The molecule has 0 radical (unpaired) electrons. The first-order valence-corrected chi connectivity index (χ1v) is 5.60. The maximum atomic E-state index is 7.32. The summed E-state index contributed by atoms with van der Waals surface area (Å²) in [7, 11) is 0. The molecule has 0 unspecified atom stereocenters. The number of rotatable bonds is 1. The van der Waals surface area contributed by atoms with Crippen LogP contribution in [-0.2, 0) is 0 Å². The fourth-order valence-corrected chi connectivity index (χ4v) is 2.94. The van der Waals surface area contributed by atoms with Crippen LogP contribution in [0.4, 0.5) is 0 Å². The Morgan fingerprint density at radius 2 is 2.14 bits per heavy atom. The molecule has 0 fully saturated rings. The van der Waals surface area contributed by atoms with Crippen LogP contribution in [0.1, 0.15) is 4.88 Å². The van der Waals surface area contributed by atoms with Crippen molar-refractivity contribution in [3.63, 3.8) is 0 Å². The van der Waals surface area contributed by atoms with Gasteiger partial charge in [-0.3, -0.25) is 5.41 Å². The molecule has 1 heterocycles. The van der Waals surface area contributed by atoms with E-state index in [2.05, 4.69) is 34.7 Å². The number of thiophene rings is 1. The van der Waals surface area contributed by atoms with Crippen LogP contribution in [0.25, 0.3) is 10.1 Å². The number of halogens is 2. The Hall–Kier alpha value is -0.330. The number of amidine groups is 1. The van der Waals surface area contributed by atoms with Crippen LogP contribution in [0, 0.1) is 8.98 Å². The van der Waals surface area contributed by atoms with Gasteiger partial charge in [-0.2, -0.15) is 0 Å². The van der Waals surface area contributed by atoms with Gasteiger partial charge >= 0.3 is 0 Å². The summed E-state index contributed by atoms with van der Waals surface area (Å²) in [6, 6.07) is 8.10. The summed E-state index contributed by atoms with van der Waals surface area (Å²) in [6.45, 7) is 0. The van der Waals surface area contributed by atoms with Crippen molar-refractivity contribution in [2.45, 2.75) is 0 Å². The molecular weight excluding hydrogens is 331 g/mol. The molecule has 14 heavy (non-hydrogen) atoms. The second-order valence-electron chi connectivity index (χ2n) is 2.68. The minimum absolute atomic E-state index is 0.